The number of pyridine rings is 2. The molecule has 2 amide bonds. The molecule has 3 heterocycles. The van der Waals surface area contributed by atoms with Crippen molar-refractivity contribution in [2.45, 2.75) is 12.8 Å². The third-order valence-electron chi connectivity index (χ3n) is 6.69. The molecule has 0 saturated carbocycles. The van der Waals surface area contributed by atoms with Crippen LogP contribution < -0.4 is 24.8 Å². The Hall–Kier alpha value is -5.07. The van der Waals surface area contributed by atoms with E-state index in [0.29, 0.717) is 35.2 Å². The van der Waals surface area contributed by atoms with Crippen molar-refractivity contribution >= 4 is 44.7 Å². The normalized spacial score (nSPS) is 11.0. The zero-order valence-electron chi connectivity index (χ0n) is 25.0. The molecule has 0 fully saturated rings. The first-order chi connectivity index (χ1) is 21.7. The van der Waals surface area contributed by atoms with Gasteiger partial charge in [0, 0.05) is 47.6 Å². The Morgan fingerprint density at radius 2 is 1.80 bits per heavy atom. The highest BCUT2D eigenvalue weighted by molar-refractivity contribution is 7.22. The summed E-state index contributed by atoms with van der Waals surface area (Å²) in [6.45, 7) is 1.51. The van der Waals surface area contributed by atoms with E-state index in [1.807, 2.05) is 32.3 Å². The number of ether oxygens (including phenoxy) is 3. The fraction of sp³-hybridized carbons (Fsp3) is 0.212. The Balaban J connectivity index is 1.38. The Bertz CT molecular complexity index is 1810. The molecule has 0 bridgehead atoms. The van der Waals surface area contributed by atoms with E-state index in [2.05, 4.69) is 14.9 Å². The maximum Gasteiger partial charge on any atom is 0.241 e. The second kappa shape index (κ2) is 14.1. The van der Waals surface area contributed by atoms with Crippen LogP contribution in [0.15, 0.2) is 79.1 Å². The summed E-state index contributed by atoms with van der Waals surface area (Å²) in [7, 11) is 5.49. The van der Waals surface area contributed by atoms with E-state index in [9.17, 15) is 9.59 Å². The summed E-state index contributed by atoms with van der Waals surface area (Å²) in [6.07, 6.45) is 3.67. The Labute approximate surface area is 263 Å². The van der Waals surface area contributed by atoms with Crippen LogP contribution in [-0.2, 0) is 9.59 Å². The molecule has 2 aromatic carbocycles. The van der Waals surface area contributed by atoms with Gasteiger partial charge >= 0.3 is 0 Å². The molecule has 0 unspecified atom stereocenters. The van der Waals surface area contributed by atoms with Gasteiger partial charge in [0.1, 0.15) is 17.9 Å². The van der Waals surface area contributed by atoms with Crippen LogP contribution in [0.1, 0.15) is 12.8 Å². The minimum atomic E-state index is -0.812. The quantitative estimate of drug-likeness (QED) is 0.121. The van der Waals surface area contributed by atoms with Crippen molar-refractivity contribution in [3.63, 3.8) is 0 Å². The van der Waals surface area contributed by atoms with E-state index in [1.54, 1.807) is 42.7 Å². The lowest BCUT2D eigenvalue weighted by atomic mass is 10.2. The van der Waals surface area contributed by atoms with Gasteiger partial charge in [0.15, 0.2) is 11.6 Å². The summed E-state index contributed by atoms with van der Waals surface area (Å²) < 4.78 is 33.5. The van der Waals surface area contributed by atoms with Gasteiger partial charge in [-0.25, -0.2) is 9.37 Å². The van der Waals surface area contributed by atoms with Crippen molar-refractivity contribution in [3.05, 3.63) is 84.9 Å². The summed E-state index contributed by atoms with van der Waals surface area (Å²) in [5.74, 6) is -0.884. The first-order valence-electron chi connectivity index (χ1n) is 14.1. The van der Waals surface area contributed by atoms with Gasteiger partial charge in [0.05, 0.1) is 35.3 Å². The number of halogens is 1. The number of anilines is 2. The molecule has 0 aliphatic rings. The Morgan fingerprint density at radius 1 is 0.978 bits per heavy atom. The number of fused-ring (bicyclic) bond motifs is 1. The number of carbonyl (C=O) groups excluding carboxylic acids is 2. The van der Waals surface area contributed by atoms with E-state index in [0.717, 1.165) is 34.2 Å². The molecule has 0 saturated heterocycles. The Kier molecular flexibility index (Phi) is 9.86. The summed E-state index contributed by atoms with van der Waals surface area (Å²) >= 11 is 1.44. The molecule has 10 nitrogen and oxygen atoms in total. The van der Waals surface area contributed by atoms with Gasteiger partial charge in [-0.15, -0.1) is 11.3 Å². The first kappa shape index (κ1) is 31.4. The highest BCUT2D eigenvalue weighted by Gasteiger charge is 2.24. The predicted molar refractivity (Wildman–Crippen MR) is 172 cm³/mol. The van der Waals surface area contributed by atoms with Crippen molar-refractivity contribution in [1.29, 1.82) is 0 Å². The average molecular weight is 630 g/mol. The second-order valence-electron chi connectivity index (χ2n) is 10.3. The number of hydrogen-bond acceptors (Lipinski definition) is 9. The van der Waals surface area contributed by atoms with E-state index >= 15 is 4.39 Å². The molecular weight excluding hydrogens is 597 g/mol. The number of rotatable bonds is 13. The molecule has 0 atom stereocenters. The minimum absolute atomic E-state index is 0.0547. The maximum absolute atomic E-state index is 15.6. The van der Waals surface area contributed by atoms with Crippen molar-refractivity contribution in [2.24, 2.45) is 5.73 Å². The zero-order chi connectivity index (χ0) is 31.9. The van der Waals surface area contributed by atoms with E-state index in [-0.39, 0.29) is 11.4 Å². The van der Waals surface area contributed by atoms with Crippen molar-refractivity contribution in [2.75, 3.05) is 39.3 Å². The zero-order valence-corrected chi connectivity index (χ0v) is 25.8. The number of carbonyl (C=O) groups is 2. The third-order valence-corrected chi connectivity index (χ3v) is 7.88. The number of amides is 2. The highest BCUT2D eigenvalue weighted by atomic mass is 32.1. The van der Waals surface area contributed by atoms with Gasteiger partial charge in [0.25, 0.3) is 0 Å². The van der Waals surface area contributed by atoms with Gasteiger partial charge in [-0.2, -0.15) is 0 Å². The maximum atomic E-state index is 15.6. The van der Waals surface area contributed by atoms with Crippen LogP contribution >= 0.6 is 11.3 Å². The molecule has 232 valence electrons. The van der Waals surface area contributed by atoms with Crippen LogP contribution in [0.25, 0.3) is 20.7 Å². The van der Waals surface area contributed by atoms with Crippen LogP contribution in [-0.4, -0.2) is 61.0 Å². The van der Waals surface area contributed by atoms with Crippen molar-refractivity contribution in [3.8, 4) is 33.6 Å². The largest absolute Gasteiger partial charge is 0.495 e. The van der Waals surface area contributed by atoms with Crippen LogP contribution in [0.3, 0.4) is 0 Å². The highest BCUT2D eigenvalue weighted by Crippen LogP contribution is 2.41. The summed E-state index contributed by atoms with van der Waals surface area (Å²) in [6, 6.07) is 18.2. The van der Waals surface area contributed by atoms with Gasteiger partial charge in [-0.1, -0.05) is 12.1 Å². The van der Waals surface area contributed by atoms with Gasteiger partial charge in [-0.3, -0.25) is 19.5 Å². The number of benzene rings is 2. The van der Waals surface area contributed by atoms with E-state index < -0.39 is 24.1 Å². The lowest BCUT2D eigenvalue weighted by Gasteiger charge is -2.24. The molecule has 5 rings (SSSR count). The number of nitrogens with two attached hydrogens (primary N) is 1. The fourth-order valence-electron chi connectivity index (χ4n) is 4.60. The predicted octanol–water partition coefficient (Wildman–Crippen LogP) is 6.17. The number of nitrogens with zero attached hydrogens (tertiary/aromatic N) is 4. The first-order valence-corrected chi connectivity index (χ1v) is 14.9. The Morgan fingerprint density at radius 3 is 2.51 bits per heavy atom. The smallest absolute Gasteiger partial charge is 0.241 e. The number of aromatic nitrogens is 2. The molecule has 5 aromatic rings. The molecule has 3 aromatic heterocycles. The average Bonchev–Trinajstić information content (AvgIpc) is 3.46. The molecule has 0 radical (unpaired) electrons. The van der Waals surface area contributed by atoms with Gasteiger partial charge in [0.2, 0.25) is 17.7 Å². The summed E-state index contributed by atoms with van der Waals surface area (Å²) in [5.41, 5.74) is 7.37. The van der Waals surface area contributed by atoms with Crippen LogP contribution in [0.5, 0.6) is 23.1 Å². The summed E-state index contributed by atoms with van der Waals surface area (Å²) in [5, 5.41) is 0. The molecular formula is C33H32FN5O5S. The number of para-hydroxylation sites is 2. The van der Waals surface area contributed by atoms with E-state index in [4.69, 9.17) is 19.9 Å². The number of primary amides is 1. The lowest BCUT2D eigenvalue weighted by Crippen LogP contribution is -2.30. The van der Waals surface area contributed by atoms with Crippen molar-refractivity contribution in [1.82, 2.24) is 14.9 Å². The third kappa shape index (κ3) is 7.54. The molecule has 0 aliphatic heterocycles. The second-order valence-corrected chi connectivity index (χ2v) is 11.3. The summed E-state index contributed by atoms with van der Waals surface area (Å²) in [4.78, 5) is 37.7. The number of thiophene rings is 1. The fourth-order valence-corrected chi connectivity index (χ4v) is 5.65. The molecule has 2 N–H and O–H groups in total. The van der Waals surface area contributed by atoms with E-state index in [1.165, 1.54) is 35.5 Å². The van der Waals surface area contributed by atoms with Gasteiger partial charge < -0.3 is 24.8 Å². The topological polar surface area (TPSA) is 120 Å². The number of methoxy groups -OCH3 is 1. The van der Waals surface area contributed by atoms with Gasteiger partial charge in [-0.05, 0) is 56.9 Å². The standard InChI is InChI=1S/C33H32FN5O5S/c1-38(2)15-6-16-43-31-12-9-21(20-37-31)29-18-24-33(45-29)28(13-14-36-24)44-26-11-10-22(17-23(26)34)39(32(41)19-30(35)40)25-7-4-5-8-27(25)42-3/h4-5,7-14,17-18,20H,6,15-16,19H2,1-3H3,(H2,35,40). The monoisotopic (exact) mass is 629 g/mol. The molecule has 45 heavy (non-hydrogen) atoms. The molecule has 0 aliphatic carbocycles. The minimum Gasteiger partial charge on any atom is -0.495 e. The molecule has 0 spiro atoms. The van der Waals surface area contributed by atoms with Crippen LogP contribution in [0.4, 0.5) is 15.8 Å². The number of hydrogen-bond donors (Lipinski definition) is 1. The molecule has 12 heteroatoms. The van der Waals surface area contributed by atoms with Crippen molar-refractivity contribution < 1.29 is 28.2 Å². The lowest BCUT2D eigenvalue weighted by molar-refractivity contribution is -0.125. The van der Waals surface area contributed by atoms with Crippen LogP contribution in [0.2, 0.25) is 0 Å². The SMILES string of the molecule is COc1ccccc1N(C(=O)CC(N)=O)c1ccc(Oc2ccnc3cc(-c4ccc(OCCCN(C)C)nc4)sc23)c(F)c1. The van der Waals surface area contributed by atoms with Crippen LogP contribution in [0, 0.1) is 5.82 Å².